The van der Waals surface area contributed by atoms with Crippen molar-refractivity contribution < 1.29 is 13.2 Å². The summed E-state index contributed by atoms with van der Waals surface area (Å²) in [6.07, 6.45) is -0.170. The summed E-state index contributed by atoms with van der Waals surface area (Å²) >= 11 is 0. The minimum atomic E-state index is -4.12. The molecule has 0 aliphatic heterocycles. The van der Waals surface area contributed by atoms with Crippen LogP contribution in [-0.4, -0.2) is 42.8 Å². The van der Waals surface area contributed by atoms with Crippen molar-refractivity contribution in [2.75, 3.05) is 19.6 Å². The number of rotatable bonds is 6. The molecule has 1 rings (SSSR count). The fourth-order valence-electron chi connectivity index (χ4n) is 3.41. The second kappa shape index (κ2) is 7.12. The maximum Gasteiger partial charge on any atom is 0.401 e. The van der Waals surface area contributed by atoms with Crippen LogP contribution in [0.3, 0.4) is 0 Å². The maximum absolute atomic E-state index is 12.8. The van der Waals surface area contributed by atoms with Crippen LogP contribution in [0.5, 0.6) is 0 Å². The summed E-state index contributed by atoms with van der Waals surface area (Å²) in [7, 11) is 0. The predicted octanol–water partition coefficient (Wildman–Crippen LogP) is 3.82. The summed E-state index contributed by atoms with van der Waals surface area (Å²) < 4.78 is 38.3. The molecule has 0 aromatic rings. The van der Waals surface area contributed by atoms with Gasteiger partial charge >= 0.3 is 6.18 Å². The van der Waals surface area contributed by atoms with E-state index in [1.54, 1.807) is 4.90 Å². The van der Waals surface area contributed by atoms with Crippen molar-refractivity contribution in [3.05, 3.63) is 0 Å². The smallest absolute Gasteiger partial charge is 0.312 e. The highest BCUT2D eigenvalue weighted by Gasteiger charge is 2.43. The largest absolute Gasteiger partial charge is 0.401 e. The van der Waals surface area contributed by atoms with Crippen molar-refractivity contribution >= 4 is 0 Å². The molecule has 0 aromatic carbocycles. The van der Waals surface area contributed by atoms with Crippen LogP contribution in [0.1, 0.15) is 53.4 Å². The first-order valence-corrected chi connectivity index (χ1v) is 7.75. The number of nitrogens with one attached hydrogen (secondary N) is 1. The van der Waals surface area contributed by atoms with Gasteiger partial charge in [0.15, 0.2) is 0 Å². The molecule has 0 heterocycles. The summed E-state index contributed by atoms with van der Waals surface area (Å²) in [4.78, 5) is 1.61. The lowest BCUT2D eigenvalue weighted by Gasteiger charge is -2.48. The molecular formula is C15H29F3N2. The van der Waals surface area contributed by atoms with Crippen molar-refractivity contribution in [2.24, 2.45) is 5.41 Å². The van der Waals surface area contributed by atoms with Crippen LogP contribution in [0.25, 0.3) is 0 Å². The first-order chi connectivity index (χ1) is 9.21. The van der Waals surface area contributed by atoms with Crippen LogP contribution < -0.4 is 5.32 Å². The first kappa shape index (κ1) is 17.8. The zero-order valence-electron chi connectivity index (χ0n) is 13.2. The molecule has 1 aliphatic rings. The minimum Gasteiger partial charge on any atom is -0.312 e. The Balaban J connectivity index is 2.85. The molecular weight excluding hydrogens is 265 g/mol. The zero-order valence-corrected chi connectivity index (χ0v) is 13.2. The molecule has 2 nitrogen and oxygen atoms in total. The van der Waals surface area contributed by atoms with E-state index in [0.29, 0.717) is 6.54 Å². The average Bonchev–Trinajstić information content (AvgIpc) is 2.32. The Hall–Kier alpha value is -0.290. The average molecular weight is 294 g/mol. The SMILES string of the molecule is CCCNC1C(N(CC)CC(F)(F)F)CCCC1(C)C. The standard InChI is InChI=1S/C15H29F3N2/c1-5-10-19-13-12(8-7-9-14(13,3)4)20(6-2)11-15(16,17)18/h12-13,19H,5-11H2,1-4H3. The van der Waals surface area contributed by atoms with Gasteiger partial charge in [-0.3, -0.25) is 4.90 Å². The monoisotopic (exact) mass is 294 g/mol. The number of likely N-dealkylation sites (N-methyl/N-ethyl adjacent to an activating group) is 1. The fourth-order valence-corrected chi connectivity index (χ4v) is 3.41. The van der Waals surface area contributed by atoms with Gasteiger partial charge in [-0.25, -0.2) is 0 Å². The lowest BCUT2D eigenvalue weighted by atomic mass is 9.70. The van der Waals surface area contributed by atoms with Crippen molar-refractivity contribution in [3.63, 3.8) is 0 Å². The summed E-state index contributed by atoms with van der Waals surface area (Å²) in [5, 5.41) is 3.50. The first-order valence-electron chi connectivity index (χ1n) is 7.75. The van der Waals surface area contributed by atoms with Gasteiger partial charge in [-0.1, -0.05) is 34.1 Å². The molecule has 1 aliphatic carbocycles. The summed E-state index contributed by atoms with van der Waals surface area (Å²) in [5.74, 6) is 0. The van der Waals surface area contributed by atoms with Crippen LogP contribution in [0.15, 0.2) is 0 Å². The number of alkyl halides is 3. The molecule has 0 bridgehead atoms. The molecule has 0 aromatic heterocycles. The van der Waals surface area contributed by atoms with Gasteiger partial charge in [0.2, 0.25) is 0 Å². The van der Waals surface area contributed by atoms with Gasteiger partial charge in [0.25, 0.3) is 0 Å². The lowest BCUT2D eigenvalue weighted by Crippen LogP contribution is -2.60. The number of nitrogens with zero attached hydrogens (tertiary/aromatic N) is 1. The molecule has 0 radical (unpaired) electrons. The highest BCUT2D eigenvalue weighted by molar-refractivity contribution is 4.98. The number of hydrogen-bond acceptors (Lipinski definition) is 2. The van der Waals surface area contributed by atoms with Gasteiger partial charge in [-0.2, -0.15) is 13.2 Å². The van der Waals surface area contributed by atoms with E-state index in [1.807, 2.05) is 6.92 Å². The Labute approximate surface area is 121 Å². The van der Waals surface area contributed by atoms with E-state index < -0.39 is 12.7 Å². The van der Waals surface area contributed by atoms with Crippen LogP contribution in [0.2, 0.25) is 0 Å². The fraction of sp³-hybridized carbons (Fsp3) is 1.00. The molecule has 0 saturated heterocycles. The Kier molecular flexibility index (Phi) is 6.32. The molecule has 20 heavy (non-hydrogen) atoms. The van der Waals surface area contributed by atoms with E-state index in [0.717, 1.165) is 32.2 Å². The van der Waals surface area contributed by atoms with E-state index in [9.17, 15) is 13.2 Å². The normalized spacial score (nSPS) is 27.0. The lowest BCUT2D eigenvalue weighted by molar-refractivity contribution is -0.155. The van der Waals surface area contributed by atoms with E-state index in [1.165, 1.54) is 0 Å². The molecule has 1 N–H and O–H groups in total. The number of hydrogen-bond donors (Lipinski definition) is 1. The van der Waals surface area contributed by atoms with Gasteiger partial charge in [-0.05, 0) is 37.8 Å². The van der Waals surface area contributed by atoms with E-state index >= 15 is 0 Å². The van der Waals surface area contributed by atoms with Gasteiger partial charge < -0.3 is 5.32 Å². The van der Waals surface area contributed by atoms with Crippen LogP contribution >= 0.6 is 0 Å². The summed E-state index contributed by atoms with van der Waals surface area (Å²) in [6, 6.07) is 0.121. The third-order valence-corrected chi connectivity index (χ3v) is 4.42. The van der Waals surface area contributed by atoms with Gasteiger partial charge in [0.05, 0.1) is 6.54 Å². The molecule has 0 spiro atoms. The molecule has 1 fully saturated rings. The Morgan fingerprint density at radius 3 is 2.40 bits per heavy atom. The molecule has 2 atom stereocenters. The summed E-state index contributed by atoms with van der Waals surface area (Å²) in [6.45, 7) is 8.78. The van der Waals surface area contributed by atoms with Crippen molar-refractivity contribution in [1.29, 1.82) is 0 Å². The van der Waals surface area contributed by atoms with Crippen LogP contribution in [0.4, 0.5) is 13.2 Å². The zero-order chi connectivity index (χ0) is 15.4. The summed E-state index contributed by atoms with van der Waals surface area (Å²) in [5.41, 5.74) is 0.0527. The van der Waals surface area contributed by atoms with Crippen LogP contribution in [0, 0.1) is 5.41 Å². The minimum absolute atomic E-state index is 0.0167. The third kappa shape index (κ3) is 4.92. The van der Waals surface area contributed by atoms with Crippen LogP contribution in [-0.2, 0) is 0 Å². The topological polar surface area (TPSA) is 15.3 Å². The van der Waals surface area contributed by atoms with Crippen molar-refractivity contribution in [1.82, 2.24) is 10.2 Å². The van der Waals surface area contributed by atoms with Crippen molar-refractivity contribution in [3.8, 4) is 0 Å². The van der Waals surface area contributed by atoms with Gasteiger partial charge in [-0.15, -0.1) is 0 Å². The Bertz CT molecular complexity index is 289. The molecule has 0 amide bonds. The van der Waals surface area contributed by atoms with E-state index in [4.69, 9.17) is 0 Å². The highest BCUT2D eigenvalue weighted by atomic mass is 19.4. The second-order valence-electron chi connectivity index (χ2n) is 6.56. The Morgan fingerprint density at radius 1 is 1.25 bits per heavy atom. The molecule has 5 heteroatoms. The molecule has 1 saturated carbocycles. The second-order valence-corrected chi connectivity index (χ2v) is 6.56. The third-order valence-electron chi connectivity index (χ3n) is 4.42. The quantitative estimate of drug-likeness (QED) is 0.801. The van der Waals surface area contributed by atoms with Gasteiger partial charge in [0.1, 0.15) is 0 Å². The maximum atomic E-state index is 12.8. The van der Waals surface area contributed by atoms with E-state index in [2.05, 4.69) is 26.1 Å². The van der Waals surface area contributed by atoms with Crippen molar-refractivity contribution in [2.45, 2.75) is 71.6 Å². The van der Waals surface area contributed by atoms with E-state index in [-0.39, 0.29) is 17.5 Å². The van der Waals surface area contributed by atoms with Gasteiger partial charge in [0, 0.05) is 12.1 Å². The number of halogens is 3. The Morgan fingerprint density at radius 2 is 1.90 bits per heavy atom. The molecule has 2 unspecified atom stereocenters. The highest BCUT2D eigenvalue weighted by Crippen LogP contribution is 2.38. The molecule has 120 valence electrons. The predicted molar refractivity (Wildman–Crippen MR) is 76.8 cm³/mol.